The maximum Gasteiger partial charge on any atom is 0.326 e. The average Bonchev–Trinajstić information content (AvgIpc) is 3.25. The van der Waals surface area contributed by atoms with Gasteiger partial charge in [-0.1, -0.05) is 32.0 Å². The summed E-state index contributed by atoms with van der Waals surface area (Å²) in [6.45, 7) is 3.28. The minimum atomic E-state index is -1.44. The molecule has 1 aromatic carbocycles. The number of H-pyrrole nitrogens is 1. The van der Waals surface area contributed by atoms with Crippen LogP contribution in [0.1, 0.15) is 32.3 Å². The number of aromatic amines is 1. The lowest BCUT2D eigenvalue weighted by atomic mass is 10.0. The minimum absolute atomic E-state index is 0.0832. The standard InChI is InChI=1S/C24H33N5O7S/c1-12(2)20(23(34)27-17(24(35)36)7-8-19(30)31)29-22(33)18(11-37)28-21(32)15(25)9-13-10-26-16-6-4-3-5-14(13)16/h3-6,10,12,15,17-18,20,26,37H,7-9,11,25H2,1-2H3,(H,27,34)(H,28,32)(H,29,33)(H,30,31)(H,35,36). The van der Waals surface area contributed by atoms with Crippen LogP contribution in [0.15, 0.2) is 30.5 Å². The summed E-state index contributed by atoms with van der Waals surface area (Å²) in [4.78, 5) is 63.7. The Morgan fingerprint density at radius 3 is 2.22 bits per heavy atom. The van der Waals surface area contributed by atoms with E-state index in [1.54, 1.807) is 20.0 Å². The third-order valence-electron chi connectivity index (χ3n) is 5.78. The highest BCUT2D eigenvalue weighted by Gasteiger charge is 2.31. The Balaban J connectivity index is 2.01. The van der Waals surface area contributed by atoms with E-state index in [1.165, 1.54) is 0 Å². The predicted octanol–water partition coefficient (Wildman–Crippen LogP) is 0.0273. The first-order valence-electron chi connectivity index (χ1n) is 11.7. The van der Waals surface area contributed by atoms with Crippen molar-refractivity contribution in [2.24, 2.45) is 11.7 Å². The molecule has 1 heterocycles. The quantitative estimate of drug-likeness (QED) is 0.155. The van der Waals surface area contributed by atoms with E-state index in [2.05, 4.69) is 33.6 Å². The first-order chi connectivity index (χ1) is 17.4. The summed E-state index contributed by atoms with van der Waals surface area (Å²) in [6.07, 6.45) is 1.22. The number of rotatable bonds is 14. The fourth-order valence-corrected chi connectivity index (χ4v) is 3.94. The second kappa shape index (κ2) is 13.7. The molecule has 0 fully saturated rings. The number of hydrogen-bond acceptors (Lipinski definition) is 7. The third kappa shape index (κ3) is 8.50. The SMILES string of the molecule is CC(C)C(NC(=O)C(CS)NC(=O)C(N)Cc1c[nH]c2ccccc12)C(=O)NC(CCC(=O)O)C(=O)O. The molecule has 0 aliphatic rings. The smallest absolute Gasteiger partial charge is 0.326 e. The molecule has 0 saturated heterocycles. The number of para-hydroxylation sites is 1. The van der Waals surface area contributed by atoms with Gasteiger partial charge < -0.3 is 36.9 Å². The molecule has 13 heteroatoms. The maximum atomic E-state index is 12.9. The van der Waals surface area contributed by atoms with Gasteiger partial charge in [-0.3, -0.25) is 19.2 Å². The fraction of sp³-hybridized carbons (Fsp3) is 0.458. The molecule has 1 aromatic heterocycles. The summed E-state index contributed by atoms with van der Waals surface area (Å²) < 4.78 is 0. The van der Waals surface area contributed by atoms with Gasteiger partial charge in [-0.15, -0.1) is 0 Å². The molecule has 12 nitrogen and oxygen atoms in total. The van der Waals surface area contributed by atoms with Crippen molar-refractivity contribution in [3.05, 3.63) is 36.0 Å². The molecule has 2 aromatic rings. The number of aliphatic carboxylic acids is 2. The molecule has 4 unspecified atom stereocenters. The van der Waals surface area contributed by atoms with Crippen LogP contribution in [0.25, 0.3) is 10.9 Å². The zero-order valence-corrected chi connectivity index (χ0v) is 21.5. The first-order valence-corrected chi connectivity index (χ1v) is 12.3. The number of carboxylic acid groups (broad SMARTS) is 2. The van der Waals surface area contributed by atoms with Crippen molar-refractivity contribution in [1.82, 2.24) is 20.9 Å². The monoisotopic (exact) mass is 535 g/mol. The van der Waals surface area contributed by atoms with Gasteiger partial charge in [0.15, 0.2) is 0 Å². The van der Waals surface area contributed by atoms with Gasteiger partial charge in [-0.05, 0) is 30.4 Å². The number of nitrogens with one attached hydrogen (secondary N) is 4. The molecule has 3 amide bonds. The number of thiol groups is 1. The van der Waals surface area contributed by atoms with Crippen molar-refractivity contribution in [2.75, 3.05) is 5.75 Å². The van der Waals surface area contributed by atoms with Gasteiger partial charge in [-0.2, -0.15) is 12.6 Å². The highest BCUT2D eigenvalue weighted by Crippen LogP contribution is 2.18. The third-order valence-corrected chi connectivity index (χ3v) is 6.14. The van der Waals surface area contributed by atoms with Gasteiger partial charge >= 0.3 is 11.9 Å². The lowest BCUT2D eigenvalue weighted by Crippen LogP contribution is -2.59. The van der Waals surface area contributed by atoms with Gasteiger partial charge in [0.05, 0.1) is 6.04 Å². The van der Waals surface area contributed by atoms with E-state index in [0.717, 1.165) is 16.5 Å². The summed E-state index contributed by atoms with van der Waals surface area (Å²) >= 11 is 4.14. The van der Waals surface area contributed by atoms with Gasteiger partial charge in [-0.25, -0.2) is 4.79 Å². The normalized spacial score (nSPS) is 14.4. The molecule has 4 atom stereocenters. The molecule has 0 spiro atoms. The van der Waals surface area contributed by atoms with E-state index in [4.69, 9.17) is 10.8 Å². The van der Waals surface area contributed by atoms with Crippen molar-refractivity contribution in [3.8, 4) is 0 Å². The molecule has 0 aliphatic carbocycles. The number of nitrogens with two attached hydrogens (primary N) is 1. The van der Waals surface area contributed by atoms with E-state index in [1.807, 2.05) is 24.3 Å². The van der Waals surface area contributed by atoms with Gasteiger partial charge in [0, 0.05) is 29.3 Å². The number of hydrogen-bond donors (Lipinski definition) is 8. The van der Waals surface area contributed by atoms with E-state index >= 15 is 0 Å². The predicted molar refractivity (Wildman–Crippen MR) is 139 cm³/mol. The average molecular weight is 536 g/mol. The molecule has 0 saturated carbocycles. The maximum absolute atomic E-state index is 12.9. The van der Waals surface area contributed by atoms with Gasteiger partial charge in [0.1, 0.15) is 18.1 Å². The second-order valence-corrected chi connectivity index (χ2v) is 9.34. The lowest BCUT2D eigenvalue weighted by Gasteiger charge is -2.26. The van der Waals surface area contributed by atoms with Crippen molar-refractivity contribution < 1.29 is 34.2 Å². The van der Waals surface area contributed by atoms with Crippen LogP contribution in [0.3, 0.4) is 0 Å². The molecule has 37 heavy (non-hydrogen) atoms. The zero-order chi connectivity index (χ0) is 27.7. The van der Waals surface area contributed by atoms with Gasteiger partial charge in [0.2, 0.25) is 17.7 Å². The van der Waals surface area contributed by atoms with Crippen molar-refractivity contribution in [3.63, 3.8) is 0 Å². The molecular formula is C24H33N5O7S. The van der Waals surface area contributed by atoms with Crippen molar-refractivity contribution in [2.45, 2.75) is 57.3 Å². The summed E-state index contributed by atoms with van der Waals surface area (Å²) in [7, 11) is 0. The highest BCUT2D eigenvalue weighted by molar-refractivity contribution is 7.80. The second-order valence-electron chi connectivity index (χ2n) is 8.98. The lowest BCUT2D eigenvalue weighted by molar-refractivity contribution is -0.143. The Kier molecular flexibility index (Phi) is 10.9. The highest BCUT2D eigenvalue weighted by atomic mass is 32.1. The Morgan fingerprint density at radius 2 is 1.62 bits per heavy atom. The molecule has 0 bridgehead atoms. The van der Waals surface area contributed by atoms with Crippen LogP contribution in [0, 0.1) is 5.92 Å². The van der Waals surface area contributed by atoms with Crippen molar-refractivity contribution >= 4 is 53.2 Å². The minimum Gasteiger partial charge on any atom is -0.481 e. The number of fused-ring (bicyclic) bond motifs is 1. The van der Waals surface area contributed by atoms with E-state index in [9.17, 15) is 29.1 Å². The summed E-state index contributed by atoms with van der Waals surface area (Å²) in [6, 6.07) is 2.92. The number of aromatic nitrogens is 1. The topological polar surface area (TPSA) is 204 Å². The summed E-state index contributed by atoms with van der Waals surface area (Å²) in [5, 5.41) is 26.4. The Bertz CT molecular complexity index is 1140. The Labute approximate surface area is 219 Å². The van der Waals surface area contributed by atoms with Crippen LogP contribution in [0.2, 0.25) is 0 Å². The van der Waals surface area contributed by atoms with Crippen LogP contribution >= 0.6 is 12.6 Å². The Hall–Kier alpha value is -3.58. The molecule has 0 aliphatic heterocycles. The number of carbonyl (C=O) groups excluding carboxylic acids is 3. The fourth-order valence-electron chi connectivity index (χ4n) is 3.68. The molecule has 202 valence electrons. The number of carbonyl (C=O) groups is 5. The number of carboxylic acids is 2. The molecular weight excluding hydrogens is 502 g/mol. The first kappa shape index (κ1) is 29.6. The van der Waals surface area contributed by atoms with Crippen LogP contribution < -0.4 is 21.7 Å². The van der Waals surface area contributed by atoms with Crippen LogP contribution in [0.4, 0.5) is 0 Å². The van der Waals surface area contributed by atoms with Crippen molar-refractivity contribution in [1.29, 1.82) is 0 Å². The largest absolute Gasteiger partial charge is 0.481 e. The molecule has 2 rings (SSSR count). The Morgan fingerprint density at radius 1 is 0.973 bits per heavy atom. The molecule has 0 radical (unpaired) electrons. The van der Waals surface area contributed by atoms with Crippen LogP contribution in [-0.4, -0.2) is 74.8 Å². The van der Waals surface area contributed by atoms with E-state index in [-0.39, 0.29) is 18.6 Å². The van der Waals surface area contributed by atoms with Crippen LogP contribution in [0.5, 0.6) is 0 Å². The zero-order valence-electron chi connectivity index (χ0n) is 20.6. The number of amides is 3. The summed E-state index contributed by atoms with van der Waals surface area (Å²) in [5.74, 6) is -5.20. The van der Waals surface area contributed by atoms with E-state index in [0.29, 0.717) is 0 Å². The number of benzene rings is 1. The van der Waals surface area contributed by atoms with E-state index < -0.39 is 66.2 Å². The molecule has 8 N–H and O–H groups in total. The van der Waals surface area contributed by atoms with Crippen LogP contribution in [-0.2, 0) is 30.4 Å². The summed E-state index contributed by atoms with van der Waals surface area (Å²) in [5.41, 5.74) is 7.84. The van der Waals surface area contributed by atoms with Gasteiger partial charge in [0.25, 0.3) is 0 Å².